The molecule has 3 aromatic rings. The quantitative estimate of drug-likeness (QED) is 0.767. The molecule has 0 bridgehead atoms. The summed E-state index contributed by atoms with van der Waals surface area (Å²) in [6, 6.07) is 12.2. The highest BCUT2D eigenvalue weighted by molar-refractivity contribution is 7.13. The molecule has 0 amide bonds. The van der Waals surface area contributed by atoms with Crippen molar-refractivity contribution in [3.63, 3.8) is 0 Å². The highest BCUT2D eigenvalue weighted by atomic mass is 32.1. The van der Waals surface area contributed by atoms with E-state index in [9.17, 15) is 0 Å². The van der Waals surface area contributed by atoms with E-state index in [-0.39, 0.29) is 0 Å². The number of hydrogen-bond acceptors (Lipinski definition) is 5. The molecule has 2 aromatic heterocycles. The number of aromatic nitrogens is 3. The molecule has 0 spiro atoms. The standard InChI is InChI=1S/C12H10N4S/c1-2-4-11-9(3-1)5-6-10(15-11)7-13-12-16-14-8-17-12/h1-6,8H,7H2,(H,13,16). The van der Waals surface area contributed by atoms with Gasteiger partial charge in [-0.25, -0.2) is 0 Å². The Morgan fingerprint density at radius 1 is 1.12 bits per heavy atom. The third-order valence-corrected chi connectivity index (χ3v) is 3.09. The molecule has 0 saturated carbocycles. The molecule has 0 fully saturated rings. The van der Waals surface area contributed by atoms with Crippen molar-refractivity contribution in [1.29, 1.82) is 0 Å². The van der Waals surface area contributed by atoms with Crippen molar-refractivity contribution in [3.05, 3.63) is 47.6 Å². The van der Waals surface area contributed by atoms with Gasteiger partial charge in [0, 0.05) is 5.39 Å². The molecular weight excluding hydrogens is 232 g/mol. The first kappa shape index (κ1) is 10.2. The largest absolute Gasteiger partial charge is 0.354 e. The van der Waals surface area contributed by atoms with Gasteiger partial charge < -0.3 is 5.32 Å². The summed E-state index contributed by atoms with van der Waals surface area (Å²) in [5, 5.41) is 12.9. The molecule has 3 rings (SSSR count). The van der Waals surface area contributed by atoms with Crippen molar-refractivity contribution >= 4 is 27.4 Å². The smallest absolute Gasteiger partial charge is 0.205 e. The van der Waals surface area contributed by atoms with Crippen LogP contribution in [-0.2, 0) is 6.54 Å². The van der Waals surface area contributed by atoms with E-state index in [0.717, 1.165) is 21.7 Å². The maximum Gasteiger partial charge on any atom is 0.205 e. The van der Waals surface area contributed by atoms with Gasteiger partial charge in [-0.05, 0) is 12.1 Å². The summed E-state index contributed by atoms with van der Waals surface area (Å²) in [4.78, 5) is 4.57. The maximum absolute atomic E-state index is 4.57. The molecule has 0 aliphatic heterocycles. The molecule has 84 valence electrons. The molecule has 1 aromatic carbocycles. The zero-order chi connectivity index (χ0) is 11.5. The van der Waals surface area contributed by atoms with Crippen molar-refractivity contribution in [3.8, 4) is 0 Å². The number of pyridine rings is 1. The van der Waals surface area contributed by atoms with Crippen LogP contribution in [0, 0.1) is 0 Å². The fourth-order valence-corrected chi connectivity index (χ4v) is 2.07. The minimum Gasteiger partial charge on any atom is -0.354 e. The van der Waals surface area contributed by atoms with Crippen LogP contribution in [0.25, 0.3) is 10.9 Å². The van der Waals surface area contributed by atoms with E-state index >= 15 is 0 Å². The zero-order valence-electron chi connectivity index (χ0n) is 9.00. The predicted octanol–water partition coefficient (Wildman–Crippen LogP) is 2.70. The number of anilines is 1. The second-order valence-corrected chi connectivity index (χ2v) is 4.43. The van der Waals surface area contributed by atoms with Crippen LogP contribution in [0.5, 0.6) is 0 Å². The summed E-state index contributed by atoms with van der Waals surface area (Å²) in [5.41, 5.74) is 3.72. The first-order valence-corrected chi connectivity index (χ1v) is 6.14. The molecule has 0 unspecified atom stereocenters. The summed E-state index contributed by atoms with van der Waals surface area (Å²) in [6.45, 7) is 0.667. The van der Waals surface area contributed by atoms with Crippen molar-refractivity contribution < 1.29 is 0 Å². The normalized spacial score (nSPS) is 10.6. The molecule has 0 radical (unpaired) electrons. The Labute approximate surface area is 102 Å². The third-order valence-electron chi connectivity index (χ3n) is 2.44. The molecule has 17 heavy (non-hydrogen) atoms. The third kappa shape index (κ3) is 2.24. The van der Waals surface area contributed by atoms with Gasteiger partial charge >= 0.3 is 0 Å². The summed E-state index contributed by atoms with van der Waals surface area (Å²) in [6.07, 6.45) is 0. The van der Waals surface area contributed by atoms with E-state index in [1.807, 2.05) is 24.3 Å². The van der Waals surface area contributed by atoms with Gasteiger partial charge in [0.15, 0.2) is 0 Å². The Balaban J connectivity index is 1.81. The SMILES string of the molecule is c1ccc2nc(CNc3nncs3)ccc2c1. The number of rotatable bonds is 3. The summed E-state index contributed by atoms with van der Waals surface area (Å²) in [7, 11) is 0. The Bertz CT molecular complexity index is 621. The molecule has 0 atom stereocenters. The lowest BCUT2D eigenvalue weighted by Gasteiger charge is -2.03. The van der Waals surface area contributed by atoms with Gasteiger partial charge in [-0.2, -0.15) is 0 Å². The van der Waals surface area contributed by atoms with Crippen LogP contribution in [0.2, 0.25) is 0 Å². The van der Waals surface area contributed by atoms with Gasteiger partial charge in [0.1, 0.15) is 5.51 Å². The lowest BCUT2D eigenvalue weighted by atomic mass is 10.2. The number of nitrogens with one attached hydrogen (secondary N) is 1. The van der Waals surface area contributed by atoms with E-state index in [1.165, 1.54) is 11.3 Å². The number of hydrogen-bond donors (Lipinski definition) is 1. The lowest BCUT2D eigenvalue weighted by Crippen LogP contribution is -2.01. The van der Waals surface area contributed by atoms with Crippen LogP contribution in [-0.4, -0.2) is 15.2 Å². The average molecular weight is 242 g/mol. The van der Waals surface area contributed by atoms with Gasteiger partial charge in [-0.3, -0.25) is 4.98 Å². The summed E-state index contributed by atoms with van der Waals surface area (Å²) in [5.74, 6) is 0. The van der Waals surface area contributed by atoms with Crippen LogP contribution in [0.1, 0.15) is 5.69 Å². The minimum absolute atomic E-state index is 0.667. The number of para-hydroxylation sites is 1. The van der Waals surface area contributed by atoms with Crippen LogP contribution in [0.15, 0.2) is 41.9 Å². The van der Waals surface area contributed by atoms with E-state index in [4.69, 9.17) is 0 Å². The number of benzene rings is 1. The van der Waals surface area contributed by atoms with E-state index in [2.05, 4.69) is 32.6 Å². The van der Waals surface area contributed by atoms with E-state index in [1.54, 1.807) is 5.51 Å². The Hall–Kier alpha value is -2.01. The van der Waals surface area contributed by atoms with Crippen LogP contribution in [0.4, 0.5) is 5.13 Å². The topological polar surface area (TPSA) is 50.7 Å². The second kappa shape index (κ2) is 4.47. The van der Waals surface area contributed by atoms with Crippen molar-refractivity contribution in [2.45, 2.75) is 6.54 Å². The van der Waals surface area contributed by atoms with Gasteiger partial charge in [0.25, 0.3) is 0 Å². The predicted molar refractivity (Wildman–Crippen MR) is 69.0 cm³/mol. The second-order valence-electron chi connectivity index (χ2n) is 3.59. The van der Waals surface area contributed by atoms with E-state index in [0.29, 0.717) is 6.54 Å². The average Bonchev–Trinajstić information content (AvgIpc) is 2.89. The molecule has 0 aliphatic carbocycles. The van der Waals surface area contributed by atoms with Gasteiger partial charge in [-0.1, -0.05) is 35.6 Å². The van der Waals surface area contributed by atoms with E-state index < -0.39 is 0 Å². The number of fused-ring (bicyclic) bond motifs is 1. The Morgan fingerprint density at radius 2 is 2.06 bits per heavy atom. The maximum atomic E-state index is 4.57. The fourth-order valence-electron chi connectivity index (χ4n) is 1.62. The first-order chi connectivity index (χ1) is 8.42. The molecule has 0 saturated heterocycles. The highest BCUT2D eigenvalue weighted by Gasteiger charge is 1.99. The van der Waals surface area contributed by atoms with Gasteiger partial charge in [0.2, 0.25) is 5.13 Å². The molecule has 5 heteroatoms. The van der Waals surface area contributed by atoms with Crippen molar-refractivity contribution in [2.24, 2.45) is 0 Å². The summed E-state index contributed by atoms with van der Waals surface area (Å²) < 4.78 is 0. The monoisotopic (exact) mass is 242 g/mol. The van der Waals surface area contributed by atoms with Crippen molar-refractivity contribution in [2.75, 3.05) is 5.32 Å². The lowest BCUT2D eigenvalue weighted by molar-refractivity contribution is 1.02. The first-order valence-electron chi connectivity index (χ1n) is 5.26. The van der Waals surface area contributed by atoms with Gasteiger partial charge in [0.05, 0.1) is 17.8 Å². The molecular formula is C12H10N4S. The molecule has 0 aliphatic rings. The zero-order valence-corrected chi connectivity index (χ0v) is 9.81. The molecule has 1 N–H and O–H groups in total. The van der Waals surface area contributed by atoms with Crippen LogP contribution >= 0.6 is 11.3 Å². The fraction of sp³-hybridized carbons (Fsp3) is 0.0833. The number of nitrogens with zero attached hydrogens (tertiary/aromatic N) is 3. The van der Waals surface area contributed by atoms with Gasteiger partial charge in [-0.15, -0.1) is 10.2 Å². The Kier molecular flexibility index (Phi) is 2.67. The highest BCUT2D eigenvalue weighted by Crippen LogP contribution is 2.13. The Morgan fingerprint density at radius 3 is 2.94 bits per heavy atom. The van der Waals surface area contributed by atoms with Crippen molar-refractivity contribution in [1.82, 2.24) is 15.2 Å². The minimum atomic E-state index is 0.667. The van der Waals surface area contributed by atoms with Crippen LogP contribution in [0.3, 0.4) is 0 Å². The van der Waals surface area contributed by atoms with Crippen LogP contribution < -0.4 is 5.32 Å². The molecule has 4 nitrogen and oxygen atoms in total. The summed E-state index contributed by atoms with van der Waals surface area (Å²) >= 11 is 1.48. The molecule has 2 heterocycles.